The molecule has 1 atom stereocenters. The Hall–Kier alpha value is -1.20. The Balaban J connectivity index is 2.05. The molecule has 1 saturated heterocycles. The van der Waals surface area contributed by atoms with Crippen LogP contribution in [0.1, 0.15) is 25.1 Å². The van der Waals surface area contributed by atoms with Crippen molar-refractivity contribution in [1.82, 2.24) is 9.97 Å². The van der Waals surface area contributed by atoms with Gasteiger partial charge in [-0.2, -0.15) is 0 Å². The number of rotatable bonds is 3. The molecule has 2 aromatic rings. The van der Waals surface area contributed by atoms with E-state index in [0.717, 1.165) is 43.2 Å². The highest BCUT2D eigenvalue weighted by atomic mass is 32.1. The molecule has 1 aliphatic rings. The summed E-state index contributed by atoms with van der Waals surface area (Å²) in [4.78, 5) is 13.8. The average molecular weight is 277 g/mol. The van der Waals surface area contributed by atoms with E-state index in [-0.39, 0.29) is 0 Å². The normalized spacial score (nSPS) is 20.1. The third-order valence-electron chi connectivity index (χ3n) is 3.68. The minimum atomic E-state index is 0.428. The minimum absolute atomic E-state index is 0.428. The van der Waals surface area contributed by atoms with Gasteiger partial charge in [-0.1, -0.05) is 13.8 Å². The Morgan fingerprint density at radius 3 is 3.11 bits per heavy atom. The summed E-state index contributed by atoms with van der Waals surface area (Å²) in [6.07, 6.45) is 3.83. The molecule has 1 fully saturated rings. The van der Waals surface area contributed by atoms with E-state index >= 15 is 0 Å². The first kappa shape index (κ1) is 12.8. The van der Waals surface area contributed by atoms with E-state index in [4.69, 9.17) is 4.74 Å². The van der Waals surface area contributed by atoms with Crippen LogP contribution in [0.4, 0.5) is 5.82 Å². The second kappa shape index (κ2) is 5.43. The van der Waals surface area contributed by atoms with E-state index < -0.39 is 0 Å². The topological polar surface area (TPSA) is 38.2 Å². The second-order valence-electron chi connectivity index (χ2n) is 4.81. The van der Waals surface area contributed by atoms with Crippen molar-refractivity contribution in [2.24, 2.45) is 0 Å². The molecule has 0 radical (unpaired) electrons. The highest BCUT2D eigenvalue weighted by Gasteiger charge is 2.24. The predicted molar refractivity (Wildman–Crippen MR) is 79.0 cm³/mol. The van der Waals surface area contributed by atoms with Crippen LogP contribution in [-0.2, 0) is 11.2 Å². The lowest BCUT2D eigenvalue weighted by molar-refractivity contribution is 0.0927. The molecule has 0 aliphatic carbocycles. The zero-order chi connectivity index (χ0) is 13.2. The molecule has 5 heteroatoms. The first-order chi connectivity index (χ1) is 9.33. The van der Waals surface area contributed by atoms with Crippen LogP contribution in [0.3, 0.4) is 0 Å². The van der Waals surface area contributed by atoms with E-state index in [0.29, 0.717) is 6.04 Å². The van der Waals surface area contributed by atoms with Crippen LogP contribution in [0, 0.1) is 0 Å². The van der Waals surface area contributed by atoms with Gasteiger partial charge in [-0.15, -0.1) is 11.3 Å². The van der Waals surface area contributed by atoms with E-state index in [1.165, 1.54) is 10.3 Å². The first-order valence-corrected chi connectivity index (χ1v) is 7.73. The second-order valence-corrected chi connectivity index (χ2v) is 5.93. The largest absolute Gasteiger partial charge is 0.377 e. The van der Waals surface area contributed by atoms with Gasteiger partial charge < -0.3 is 9.64 Å². The Morgan fingerprint density at radius 2 is 2.32 bits per heavy atom. The van der Waals surface area contributed by atoms with Crippen LogP contribution in [0.2, 0.25) is 0 Å². The van der Waals surface area contributed by atoms with Gasteiger partial charge in [0.1, 0.15) is 17.0 Å². The Labute approximate surface area is 117 Å². The standard InChI is InChI=1S/C14H19N3OS/c1-3-10-8-18-6-5-17(10)13-12-7-11(4-2)19-14(12)16-9-15-13/h7,9-10H,3-6,8H2,1-2H3. The lowest BCUT2D eigenvalue weighted by atomic mass is 10.1. The molecule has 3 rings (SSSR count). The van der Waals surface area contributed by atoms with Gasteiger partial charge in [0.25, 0.3) is 0 Å². The number of aryl methyl sites for hydroxylation is 1. The quantitative estimate of drug-likeness (QED) is 0.864. The SMILES string of the molecule is CCc1cc2c(N3CCOCC3CC)ncnc2s1. The fourth-order valence-corrected chi connectivity index (χ4v) is 3.50. The van der Waals surface area contributed by atoms with Gasteiger partial charge in [-0.3, -0.25) is 0 Å². The van der Waals surface area contributed by atoms with Crippen LogP contribution < -0.4 is 4.90 Å². The number of morpholine rings is 1. The lowest BCUT2D eigenvalue weighted by Crippen LogP contribution is -2.45. The molecule has 0 aromatic carbocycles. The highest BCUT2D eigenvalue weighted by Crippen LogP contribution is 2.32. The maximum Gasteiger partial charge on any atom is 0.141 e. The lowest BCUT2D eigenvalue weighted by Gasteiger charge is -2.36. The summed E-state index contributed by atoms with van der Waals surface area (Å²) in [5.41, 5.74) is 0. The molecule has 1 aliphatic heterocycles. The Morgan fingerprint density at radius 1 is 1.42 bits per heavy atom. The van der Waals surface area contributed by atoms with Gasteiger partial charge in [-0.05, 0) is 18.9 Å². The summed E-state index contributed by atoms with van der Waals surface area (Å²) in [6.45, 7) is 6.89. The van der Waals surface area contributed by atoms with E-state index in [9.17, 15) is 0 Å². The minimum Gasteiger partial charge on any atom is -0.377 e. The van der Waals surface area contributed by atoms with Gasteiger partial charge >= 0.3 is 0 Å². The average Bonchev–Trinajstić information content (AvgIpc) is 2.90. The van der Waals surface area contributed by atoms with Gasteiger partial charge in [0.2, 0.25) is 0 Å². The number of aromatic nitrogens is 2. The molecule has 1 unspecified atom stereocenters. The van der Waals surface area contributed by atoms with Crippen molar-refractivity contribution < 1.29 is 4.74 Å². The molecular formula is C14H19N3OS. The summed E-state index contributed by atoms with van der Waals surface area (Å²) < 4.78 is 5.58. The fraction of sp³-hybridized carbons (Fsp3) is 0.571. The Bertz CT molecular complexity index is 569. The van der Waals surface area contributed by atoms with Crippen molar-refractivity contribution in [2.45, 2.75) is 32.7 Å². The molecule has 0 spiro atoms. The van der Waals surface area contributed by atoms with Crippen molar-refractivity contribution in [3.63, 3.8) is 0 Å². The molecule has 4 nitrogen and oxygen atoms in total. The van der Waals surface area contributed by atoms with Crippen molar-refractivity contribution in [1.29, 1.82) is 0 Å². The molecule has 2 aromatic heterocycles. The van der Waals surface area contributed by atoms with Crippen molar-refractivity contribution in [3.8, 4) is 0 Å². The number of anilines is 1. The van der Waals surface area contributed by atoms with Crippen LogP contribution >= 0.6 is 11.3 Å². The monoisotopic (exact) mass is 277 g/mol. The van der Waals surface area contributed by atoms with E-state index in [2.05, 4.69) is 34.8 Å². The molecule has 19 heavy (non-hydrogen) atoms. The van der Waals surface area contributed by atoms with Crippen LogP contribution in [0.5, 0.6) is 0 Å². The smallest absolute Gasteiger partial charge is 0.141 e. The van der Waals surface area contributed by atoms with Crippen LogP contribution in [0.25, 0.3) is 10.2 Å². The summed E-state index contributed by atoms with van der Waals surface area (Å²) in [7, 11) is 0. The summed E-state index contributed by atoms with van der Waals surface area (Å²) in [6, 6.07) is 2.68. The van der Waals surface area contributed by atoms with Gasteiger partial charge in [-0.25, -0.2) is 9.97 Å². The molecular weight excluding hydrogens is 258 g/mol. The zero-order valence-electron chi connectivity index (χ0n) is 11.4. The van der Waals surface area contributed by atoms with Crippen LogP contribution in [-0.4, -0.2) is 35.8 Å². The van der Waals surface area contributed by atoms with E-state index in [1.54, 1.807) is 17.7 Å². The van der Waals surface area contributed by atoms with Crippen LogP contribution in [0.15, 0.2) is 12.4 Å². The fourth-order valence-electron chi connectivity index (χ4n) is 2.57. The number of nitrogens with zero attached hydrogens (tertiary/aromatic N) is 3. The number of hydrogen-bond donors (Lipinski definition) is 0. The maximum absolute atomic E-state index is 5.58. The molecule has 3 heterocycles. The molecule has 0 saturated carbocycles. The summed E-state index contributed by atoms with van der Waals surface area (Å²) >= 11 is 1.78. The predicted octanol–water partition coefficient (Wildman–Crippen LogP) is 2.87. The molecule has 0 N–H and O–H groups in total. The van der Waals surface area contributed by atoms with Gasteiger partial charge in [0, 0.05) is 11.4 Å². The van der Waals surface area contributed by atoms with Gasteiger partial charge in [0.05, 0.1) is 24.6 Å². The Kier molecular flexibility index (Phi) is 3.66. The third-order valence-corrected chi connectivity index (χ3v) is 4.87. The number of ether oxygens (including phenoxy) is 1. The number of hydrogen-bond acceptors (Lipinski definition) is 5. The number of thiophene rings is 1. The van der Waals surface area contributed by atoms with Crippen molar-refractivity contribution in [3.05, 3.63) is 17.3 Å². The molecule has 0 amide bonds. The van der Waals surface area contributed by atoms with E-state index in [1.807, 2.05) is 0 Å². The third kappa shape index (κ3) is 2.32. The molecule has 102 valence electrons. The highest BCUT2D eigenvalue weighted by molar-refractivity contribution is 7.18. The molecule has 0 bridgehead atoms. The number of fused-ring (bicyclic) bond motifs is 1. The van der Waals surface area contributed by atoms with Crippen molar-refractivity contribution in [2.75, 3.05) is 24.7 Å². The maximum atomic E-state index is 5.58. The van der Waals surface area contributed by atoms with Gasteiger partial charge in [0.15, 0.2) is 0 Å². The van der Waals surface area contributed by atoms with Crippen molar-refractivity contribution >= 4 is 27.4 Å². The first-order valence-electron chi connectivity index (χ1n) is 6.91. The summed E-state index contributed by atoms with van der Waals surface area (Å²) in [5, 5.41) is 1.20. The zero-order valence-corrected chi connectivity index (χ0v) is 12.2. The summed E-state index contributed by atoms with van der Waals surface area (Å²) in [5.74, 6) is 1.08.